The van der Waals surface area contributed by atoms with Crippen molar-refractivity contribution in [1.82, 2.24) is 4.98 Å². The molecular formula is C8H7Cl2NO. The third kappa shape index (κ3) is 1.59. The van der Waals surface area contributed by atoms with Crippen molar-refractivity contribution in [2.45, 2.75) is 13.8 Å². The Bertz CT molecular complexity index is 336. The fraction of sp³-hybridized carbons (Fsp3) is 0.250. The average molecular weight is 204 g/mol. The first-order valence-electron chi connectivity index (χ1n) is 3.35. The number of carbonyl (C=O) groups is 1. The number of halogens is 2. The van der Waals surface area contributed by atoms with Crippen molar-refractivity contribution in [1.29, 1.82) is 0 Å². The number of aryl methyl sites for hydroxylation is 1. The Hall–Kier alpha value is -0.600. The predicted molar refractivity (Wildman–Crippen MR) is 48.9 cm³/mol. The summed E-state index contributed by atoms with van der Waals surface area (Å²) in [5.74, 6) is 0. The molecule has 0 bridgehead atoms. The zero-order chi connectivity index (χ0) is 9.30. The van der Waals surface area contributed by atoms with Crippen molar-refractivity contribution in [3.63, 3.8) is 0 Å². The van der Waals surface area contributed by atoms with Crippen molar-refractivity contribution in [3.05, 3.63) is 28.0 Å². The highest BCUT2D eigenvalue weighted by Crippen LogP contribution is 2.21. The van der Waals surface area contributed by atoms with E-state index in [1.54, 1.807) is 13.1 Å². The molecular weight excluding hydrogens is 197 g/mol. The average Bonchev–Trinajstić information content (AvgIpc) is 1.97. The first-order chi connectivity index (χ1) is 5.54. The summed E-state index contributed by atoms with van der Waals surface area (Å²) in [6.45, 7) is 3.64. The summed E-state index contributed by atoms with van der Waals surface area (Å²) >= 11 is 11.0. The van der Waals surface area contributed by atoms with E-state index in [-0.39, 0.29) is 5.15 Å². The molecule has 0 spiro atoms. The summed E-state index contributed by atoms with van der Waals surface area (Å²) in [5, 5.41) is -0.396. The minimum atomic E-state index is -0.561. The summed E-state index contributed by atoms with van der Waals surface area (Å²) in [7, 11) is 0. The maximum Gasteiger partial charge on any atom is 0.255 e. The van der Waals surface area contributed by atoms with Gasteiger partial charge in [-0.05, 0) is 36.6 Å². The molecule has 1 rings (SSSR count). The summed E-state index contributed by atoms with van der Waals surface area (Å²) in [6.07, 6.45) is 1.61. The Balaban J connectivity index is 3.43. The van der Waals surface area contributed by atoms with Gasteiger partial charge in [0.1, 0.15) is 5.15 Å². The van der Waals surface area contributed by atoms with Gasteiger partial charge in [-0.25, -0.2) is 4.98 Å². The molecule has 0 atom stereocenters. The Morgan fingerprint density at radius 1 is 1.50 bits per heavy atom. The van der Waals surface area contributed by atoms with E-state index in [1.165, 1.54) is 0 Å². The molecule has 1 aromatic rings. The van der Waals surface area contributed by atoms with E-state index < -0.39 is 5.24 Å². The largest absolute Gasteiger partial charge is 0.275 e. The molecule has 0 fully saturated rings. The summed E-state index contributed by atoms with van der Waals surface area (Å²) in [5.41, 5.74) is 2.00. The Kier molecular flexibility index (Phi) is 2.70. The van der Waals surface area contributed by atoms with Gasteiger partial charge in [0.2, 0.25) is 0 Å². The first-order valence-corrected chi connectivity index (χ1v) is 4.11. The third-order valence-electron chi connectivity index (χ3n) is 1.74. The van der Waals surface area contributed by atoms with E-state index in [2.05, 4.69) is 4.98 Å². The lowest BCUT2D eigenvalue weighted by molar-refractivity contribution is 0.108. The van der Waals surface area contributed by atoms with Crippen molar-refractivity contribution >= 4 is 28.4 Å². The molecule has 0 aliphatic carbocycles. The van der Waals surface area contributed by atoms with Crippen LogP contribution in [-0.4, -0.2) is 10.2 Å². The standard InChI is InChI=1S/C8H7Cl2NO/c1-4-3-11-7(9)6(5(4)2)8(10)12/h3H,1-2H3. The Morgan fingerprint density at radius 2 is 2.08 bits per heavy atom. The van der Waals surface area contributed by atoms with Crippen LogP contribution in [0.2, 0.25) is 5.15 Å². The maximum absolute atomic E-state index is 10.9. The highest BCUT2D eigenvalue weighted by atomic mass is 35.5. The van der Waals surface area contributed by atoms with E-state index in [1.807, 2.05) is 6.92 Å². The molecule has 64 valence electrons. The van der Waals surface area contributed by atoms with Crippen LogP contribution in [-0.2, 0) is 0 Å². The van der Waals surface area contributed by atoms with E-state index in [4.69, 9.17) is 23.2 Å². The quantitative estimate of drug-likeness (QED) is 0.520. The second kappa shape index (κ2) is 3.42. The second-order valence-electron chi connectivity index (χ2n) is 2.51. The van der Waals surface area contributed by atoms with Crippen LogP contribution in [0.3, 0.4) is 0 Å². The molecule has 4 heteroatoms. The lowest BCUT2D eigenvalue weighted by Crippen LogP contribution is -1.99. The SMILES string of the molecule is Cc1cnc(Cl)c(C(=O)Cl)c1C. The van der Waals surface area contributed by atoms with Crippen molar-refractivity contribution < 1.29 is 4.79 Å². The van der Waals surface area contributed by atoms with Gasteiger partial charge in [-0.15, -0.1) is 0 Å². The lowest BCUT2D eigenvalue weighted by atomic mass is 10.1. The smallest absolute Gasteiger partial charge is 0.255 e. The summed E-state index contributed by atoms with van der Waals surface area (Å²) in [6, 6.07) is 0. The summed E-state index contributed by atoms with van der Waals surface area (Å²) in [4.78, 5) is 14.7. The van der Waals surface area contributed by atoms with Crippen LogP contribution in [0.25, 0.3) is 0 Å². The Labute approximate surface area is 80.5 Å². The first kappa shape index (κ1) is 9.49. The van der Waals surface area contributed by atoms with Gasteiger partial charge in [0.05, 0.1) is 5.56 Å². The van der Waals surface area contributed by atoms with Crippen LogP contribution in [0.1, 0.15) is 21.5 Å². The second-order valence-corrected chi connectivity index (χ2v) is 3.21. The molecule has 0 aliphatic heterocycles. The van der Waals surface area contributed by atoms with Gasteiger partial charge in [0.15, 0.2) is 0 Å². The molecule has 0 unspecified atom stereocenters. The number of carbonyl (C=O) groups excluding carboxylic acids is 1. The minimum Gasteiger partial charge on any atom is -0.275 e. The molecule has 2 nitrogen and oxygen atoms in total. The van der Waals surface area contributed by atoms with E-state index in [9.17, 15) is 4.79 Å². The fourth-order valence-corrected chi connectivity index (χ4v) is 1.45. The number of pyridine rings is 1. The Morgan fingerprint density at radius 3 is 2.50 bits per heavy atom. The number of rotatable bonds is 1. The van der Waals surface area contributed by atoms with Crippen molar-refractivity contribution in [3.8, 4) is 0 Å². The number of hydrogen-bond acceptors (Lipinski definition) is 2. The van der Waals surface area contributed by atoms with Crippen LogP contribution in [0.15, 0.2) is 6.20 Å². The molecule has 0 saturated carbocycles. The molecule has 0 aromatic carbocycles. The molecule has 1 heterocycles. The zero-order valence-corrected chi connectivity index (χ0v) is 8.20. The van der Waals surface area contributed by atoms with Crippen LogP contribution >= 0.6 is 23.2 Å². The fourth-order valence-electron chi connectivity index (χ4n) is 0.895. The van der Waals surface area contributed by atoms with Gasteiger partial charge in [-0.3, -0.25) is 4.79 Å². The normalized spacial score (nSPS) is 10.0. The monoisotopic (exact) mass is 203 g/mol. The van der Waals surface area contributed by atoms with Gasteiger partial charge < -0.3 is 0 Å². The topological polar surface area (TPSA) is 30.0 Å². The van der Waals surface area contributed by atoms with Crippen molar-refractivity contribution in [2.75, 3.05) is 0 Å². The van der Waals surface area contributed by atoms with Gasteiger partial charge in [0, 0.05) is 6.20 Å². The van der Waals surface area contributed by atoms with Gasteiger partial charge >= 0.3 is 0 Å². The lowest BCUT2D eigenvalue weighted by Gasteiger charge is -2.04. The zero-order valence-electron chi connectivity index (χ0n) is 6.69. The van der Waals surface area contributed by atoms with Gasteiger partial charge in [-0.2, -0.15) is 0 Å². The number of nitrogens with zero attached hydrogens (tertiary/aromatic N) is 1. The molecule has 0 amide bonds. The minimum absolute atomic E-state index is 0.165. The van der Waals surface area contributed by atoms with Gasteiger partial charge in [0.25, 0.3) is 5.24 Å². The van der Waals surface area contributed by atoms with E-state index in [0.717, 1.165) is 11.1 Å². The molecule has 12 heavy (non-hydrogen) atoms. The molecule has 0 N–H and O–H groups in total. The van der Waals surface area contributed by atoms with E-state index in [0.29, 0.717) is 5.56 Å². The van der Waals surface area contributed by atoms with Crippen molar-refractivity contribution in [2.24, 2.45) is 0 Å². The molecule has 0 saturated heterocycles. The number of aromatic nitrogens is 1. The van der Waals surface area contributed by atoms with Crippen LogP contribution in [0.4, 0.5) is 0 Å². The van der Waals surface area contributed by atoms with Gasteiger partial charge in [-0.1, -0.05) is 11.6 Å². The van der Waals surface area contributed by atoms with Crippen LogP contribution in [0, 0.1) is 13.8 Å². The third-order valence-corrected chi connectivity index (χ3v) is 2.22. The molecule has 1 aromatic heterocycles. The number of hydrogen-bond donors (Lipinski definition) is 0. The predicted octanol–water partition coefficient (Wildman–Crippen LogP) is 2.73. The van der Waals surface area contributed by atoms with Crippen LogP contribution in [0.5, 0.6) is 0 Å². The summed E-state index contributed by atoms with van der Waals surface area (Å²) < 4.78 is 0. The van der Waals surface area contributed by atoms with E-state index >= 15 is 0 Å². The maximum atomic E-state index is 10.9. The van der Waals surface area contributed by atoms with Crippen LogP contribution < -0.4 is 0 Å². The highest BCUT2D eigenvalue weighted by Gasteiger charge is 2.13. The molecule has 0 radical (unpaired) electrons. The highest BCUT2D eigenvalue weighted by molar-refractivity contribution is 6.68. The molecule has 0 aliphatic rings.